The van der Waals surface area contributed by atoms with Crippen molar-refractivity contribution in [1.82, 2.24) is 25.3 Å². The fourth-order valence-corrected chi connectivity index (χ4v) is 4.13. The number of aromatic nitrogens is 2. The third kappa shape index (κ3) is 5.70. The van der Waals surface area contributed by atoms with Crippen molar-refractivity contribution in [3.05, 3.63) is 82.0 Å². The number of hydrogen-bond acceptors (Lipinski definition) is 4. The minimum atomic E-state index is -0.790. The average molecular weight is 589 g/mol. The van der Waals surface area contributed by atoms with E-state index in [-0.39, 0.29) is 18.3 Å². The average Bonchev–Trinajstić information content (AvgIpc) is 3.44. The Morgan fingerprint density at radius 1 is 1.26 bits per heavy atom. The Bertz CT molecular complexity index is 1230. The molecule has 0 saturated carbocycles. The number of carbonyl (C=O) groups is 2. The van der Waals surface area contributed by atoms with Crippen LogP contribution in [0.25, 0.3) is 16.9 Å². The largest absolute Gasteiger partial charge is 0.344 e. The minimum Gasteiger partial charge on any atom is -0.344 e. The van der Waals surface area contributed by atoms with Crippen molar-refractivity contribution in [3.63, 3.8) is 0 Å². The summed E-state index contributed by atoms with van der Waals surface area (Å²) < 4.78 is 22.3. The lowest BCUT2D eigenvalue weighted by molar-refractivity contribution is -0.130. The van der Waals surface area contributed by atoms with Crippen molar-refractivity contribution in [1.29, 1.82) is 0 Å². The van der Waals surface area contributed by atoms with E-state index in [1.807, 2.05) is 37.3 Å². The Morgan fingerprint density at radius 2 is 1.97 bits per heavy atom. The number of benzene rings is 2. The van der Waals surface area contributed by atoms with E-state index in [0.29, 0.717) is 16.8 Å². The van der Waals surface area contributed by atoms with Gasteiger partial charge in [-0.15, -0.1) is 0 Å². The fraction of sp³-hybridized carbons (Fsp3) is 0.240. The molecule has 2 aromatic carbocycles. The van der Waals surface area contributed by atoms with Crippen molar-refractivity contribution >= 4 is 34.5 Å². The molecule has 182 valence electrons. The number of carbonyl (C=O) groups excluding carboxylic acids is 2. The third-order valence-electron chi connectivity index (χ3n) is 5.45. The first kappa shape index (κ1) is 24.9. The molecule has 1 aliphatic rings. The third-order valence-corrected chi connectivity index (χ3v) is 6.17. The zero-order chi connectivity index (χ0) is 24.9. The van der Waals surface area contributed by atoms with Gasteiger partial charge in [0.25, 0.3) is 5.91 Å². The molecular weight excluding hydrogens is 564 g/mol. The maximum absolute atomic E-state index is 13.6. The van der Waals surface area contributed by atoms with Gasteiger partial charge < -0.3 is 15.4 Å². The van der Waals surface area contributed by atoms with Crippen molar-refractivity contribution in [2.45, 2.75) is 32.7 Å². The van der Waals surface area contributed by atoms with Crippen molar-refractivity contribution in [2.75, 3.05) is 6.61 Å². The summed E-state index contributed by atoms with van der Waals surface area (Å²) in [6, 6.07) is 13.4. The van der Waals surface area contributed by atoms with Crippen molar-refractivity contribution in [2.24, 2.45) is 0 Å². The maximum Gasteiger partial charge on any atom is 0.320 e. The number of urea groups is 1. The van der Waals surface area contributed by atoms with E-state index >= 15 is 0 Å². The predicted molar refractivity (Wildman–Crippen MR) is 138 cm³/mol. The summed E-state index contributed by atoms with van der Waals surface area (Å²) in [4.78, 5) is 26.5. The molecular formula is C25H25FIN5O3. The van der Waals surface area contributed by atoms with E-state index in [1.54, 1.807) is 36.1 Å². The van der Waals surface area contributed by atoms with Crippen LogP contribution in [0.3, 0.4) is 0 Å². The summed E-state index contributed by atoms with van der Waals surface area (Å²) in [7, 11) is 0. The molecule has 1 aliphatic heterocycles. The molecule has 0 spiro atoms. The minimum absolute atomic E-state index is 0.133. The molecule has 0 bridgehead atoms. The van der Waals surface area contributed by atoms with Crippen LogP contribution in [0.2, 0.25) is 0 Å². The second-order valence-electron chi connectivity index (χ2n) is 7.93. The van der Waals surface area contributed by atoms with Gasteiger partial charge in [-0.3, -0.25) is 9.69 Å². The summed E-state index contributed by atoms with van der Waals surface area (Å²) in [5.74, 6) is -0.624. The van der Waals surface area contributed by atoms with Crippen LogP contribution in [0.1, 0.15) is 32.1 Å². The predicted octanol–water partition coefficient (Wildman–Crippen LogP) is 4.71. The molecule has 1 aromatic heterocycles. The van der Waals surface area contributed by atoms with Crippen LogP contribution < -0.4 is 10.6 Å². The molecule has 8 nitrogen and oxygen atoms in total. The molecule has 35 heavy (non-hydrogen) atoms. The molecule has 2 atom stereocenters. The van der Waals surface area contributed by atoms with Gasteiger partial charge in [-0.2, -0.15) is 5.10 Å². The van der Waals surface area contributed by atoms with E-state index in [9.17, 15) is 14.0 Å². The van der Waals surface area contributed by atoms with Gasteiger partial charge in [0.1, 0.15) is 24.3 Å². The first-order valence-electron chi connectivity index (χ1n) is 11.1. The lowest BCUT2D eigenvalue weighted by Gasteiger charge is -2.29. The van der Waals surface area contributed by atoms with Crippen molar-refractivity contribution in [3.8, 4) is 16.9 Å². The van der Waals surface area contributed by atoms with Gasteiger partial charge >= 0.3 is 6.03 Å². The van der Waals surface area contributed by atoms with Crippen LogP contribution in [-0.2, 0) is 9.53 Å². The zero-order valence-corrected chi connectivity index (χ0v) is 21.4. The highest BCUT2D eigenvalue weighted by atomic mass is 127. The van der Waals surface area contributed by atoms with Crippen LogP contribution in [0, 0.1) is 9.39 Å². The van der Waals surface area contributed by atoms with Crippen LogP contribution in [0.4, 0.5) is 9.18 Å². The number of nitrogens with one attached hydrogen (secondary N) is 2. The monoisotopic (exact) mass is 589 g/mol. The number of allylic oxidation sites excluding steroid dienone is 1. The van der Waals surface area contributed by atoms with Gasteiger partial charge in [0.05, 0.1) is 5.69 Å². The molecule has 0 radical (unpaired) electrons. The van der Waals surface area contributed by atoms with E-state index in [0.717, 1.165) is 15.7 Å². The normalized spacial score (nSPS) is 16.6. The lowest BCUT2D eigenvalue weighted by Crippen LogP contribution is -2.50. The molecule has 3 aromatic rings. The molecule has 0 aliphatic carbocycles. The van der Waals surface area contributed by atoms with Gasteiger partial charge in [0.15, 0.2) is 6.23 Å². The second-order valence-corrected chi connectivity index (χ2v) is 9.18. The first-order valence-corrected chi connectivity index (χ1v) is 12.2. The number of nitrogens with zero attached hydrogens (tertiary/aromatic N) is 3. The van der Waals surface area contributed by atoms with Crippen LogP contribution >= 0.6 is 22.6 Å². The van der Waals surface area contributed by atoms with Gasteiger partial charge in [-0.25, -0.2) is 13.9 Å². The molecule has 1 saturated heterocycles. The van der Waals surface area contributed by atoms with Gasteiger partial charge in [-0.05, 0) is 84.5 Å². The van der Waals surface area contributed by atoms with Crippen molar-refractivity contribution < 1.29 is 18.7 Å². The smallest absolute Gasteiger partial charge is 0.320 e. The number of rotatable bonds is 7. The summed E-state index contributed by atoms with van der Waals surface area (Å²) >= 11 is 2.23. The summed E-state index contributed by atoms with van der Waals surface area (Å²) in [5.41, 5.74) is 2.68. The Labute approximate surface area is 216 Å². The van der Waals surface area contributed by atoms with E-state index in [1.165, 1.54) is 17.0 Å². The molecule has 1 fully saturated rings. The number of ether oxygens (including phenoxy) is 1. The SMILES string of the molecule is CC/C=C/NC(=O)NC(C)N1C(=O)COC1c1cn(-c2ccc(I)cc2)nc1-c1ccc(F)cc1. The van der Waals surface area contributed by atoms with Gasteiger partial charge in [0, 0.05) is 27.1 Å². The Kier molecular flexibility index (Phi) is 7.81. The molecule has 10 heteroatoms. The van der Waals surface area contributed by atoms with Crippen LogP contribution in [0.5, 0.6) is 0 Å². The Balaban J connectivity index is 1.69. The molecule has 2 N–H and O–H groups in total. The molecule has 2 unspecified atom stereocenters. The highest BCUT2D eigenvalue weighted by Gasteiger charge is 2.39. The summed E-state index contributed by atoms with van der Waals surface area (Å²) in [5, 5.41) is 10.1. The summed E-state index contributed by atoms with van der Waals surface area (Å²) in [6.07, 6.45) is 4.50. The van der Waals surface area contributed by atoms with Crippen LogP contribution in [0.15, 0.2) is 67.0 Å². The van der Waals surface area contributed by atoms with Gasteiger partial charge in [0.2, 0.25) is 0 Å². The first-order chi connectivity index (χ1) is 16.9. The topological polar surface area (TPSA) is 88.5 Å². The molecule has 3 amide bonds. The quantitative estimate of drug-likeness (QED) is 0.391. The van der Waals surface area contributed by atoms with E-state index in [4.69, 9.17) is 9.84 Å². The van der Waals surface area contributed by atoms with E-state index in [2.05, 4.69) is 33.2 Å². The van der Waals surface area contributed by atoms with E-state index < -0.39 is 18.4 Å². The highest BCUT2D eigenvalue weighted by molar-refractivity contribution is 14.1. The number of halogens is 2. The second kappa shape index (κ2) is 11.0. The van der Waals surface area contributed by atoms with Crippen LogP contribution in [-0.4, -0.2) is 39.4 Å². The highest BCUT2D eigenvalue weighted by Crippen LogP contribution is 2.36. The number of amides is 3. The fourth-order valence-electron chi connectivity index (χ4n) is 3.77. The Morgan fingerprint density at radius 3 is 2.66 bits per heavy atom. The van der Waals surface area contributed by atoms with Gasteiger partial charge in [-0.1, -0.05) is 13.0 Å². The summed E-state index contributed by atoms with van der Waals surface area (Å²) in [6.45, 7) is 3.54. The lowest BCUT2D eigenvalue weighted by atomic mass is 10.1. The standard InChI is InChI=1S/C25H25FIN5O3/c1-3-4-13-28-25(34)29-16(2)32-22(33)15-35-24(32)21-14-31(20-11-9-19(27)10-12-20)30-23(21)17-5-7-18(26)8-6-17/h4-14,16,24H,3,15H2,1-2H3,(H2,28,29,34)/b13-4+. The Hall–Kier alpha value is -3.25. The zero-order valence-electron chi connectivity index (χ0n) is 19.2. The molecule has 2 heterocycles. The molecule has 4 rings (SSSR count). The number of hydrogen-bond donors (Lipinski definition) is 2. The maximum atomic E-state index is 13.6.